The van der Waals surface area contributed by atoms with Crippen molar-refractivity contribution in [2.45, 2.75) is 46.6 Å². The summed E-state index contributed by atoms with van der Waals surface area (Å²) in [6, 6.07) is 6.75. The van der Waals surface area contributed by atoms with Gasteiger partial charge in [0.15, 0.2) is 0 Å². The minimum atomic E-state index is -0.311. The highest BCUT2D eigenvalue weighted by Crippen LogP contribution is 2.30. The Hall–Kier alpha value is -2.96. The lowest BCUT2D eigenvalue weighted by molar-refractivity contribution is -0.129. The van der Waals surface area contributed by atoms with E-state index in [1.165, 1.54) is 6.07 Å². The van der Waals surface area contributed by atoms with Gasteiger partial charge in [0.1, 0.15) is 23.3 Å². The lowest BCUT2D eigenvalue weighted by Crippen LogP contribution is -2.47. The molecule has 1 aromatic heterocycles. The summed E-state index contributed by atoms with van der Waals surface area (Å²) in [5, 5.41) is 3.24. The average Bonchev–Trinajstić information content (AvgIpc) is 2.71. The van der Waals surface area contributed by atoms with Crippen LogP contribution in [0.5, 0.6) is 0 Å². The van der Waals surface area contributed by atoms with Gasteiger partial charge in [0, 0.05) is 37.8 Å². The fraction of sp³-hybridized carbons (Fsp3) is 0.409. The first-order valence-corrected chi connectivity index (χ1v) is 9.93. The van der Waals surface area contributed by atoms with Crippen molar-refractivity contribution in [2.24, 2.45) is 0 Å². The average molecular weight is 397 g/mol. The van der Waals surface area contributed by atoms with Gasteiger partial charge in [-0.2, -0.15) is 0 Å². The minimum Gasteiger partial charge on any atom is -0.343 e. The third-order valence-corrected chi connectivity index (χ3v) is 5.24. The number of hydrogen-bond donors (Lipinski definition) is 1. The smallest absolute Gasteiger partial charge is 0.219 e. The molecule has 1 aliphatic rings. The maximum atomic E-state index is 14.3. The predicted molar refractivity (Wildman–Crippen MR) is 113 cm³/mol. The molecule has 6 nitrogen and oxygen atoms in total. The molecule has 1 fully saturated rings. The van der Waals surface area contributed by atoms with Gasteiger partial charge in [-0.15, -0.1) is 0 Å². The van der Waals surface area contributed by atoms with E-state index in [1.54, 1.807) is 25.1 Å². The number of para-hydroxylation sites is 1. The van der Waals surface area contributed by atoms with E-state index < -0.39 is 0 Å². The van der Waals surface area contributed by atoms with E-state index in [9.17, 15) is 9.18 Å². The third-order valence-electron chi connectivity index (χ3n) is 5.24. The van der Waals surface area contributed by atoms with Gasteiger partial charge in [0.2, 0.25) is 5.91 Å². The number of amides is 1. The van der Waals surface area contributed by atoms with Crippen LogP contribution in [-0.2, 0) is 4.79 Å². The molecule has 2 aromatic rings. The normalized spacial score (nSPS) is 15.3. The van der Waals surface area contributed by atoms with E-state index in [-0.39, 0.29) is 17.8 Å². The van der Waals surface area contributed by atoms with Crippen LogP contribution >= 0.6 is 0 Å². The quantitative estimate of drug-likeness (QED) is 0.826. The predicted octanol–water partition coefficient (Wildman–Crippen LogP) is 4.02. The van der Waals surface area contributed by atoms with Gasteiger partial charge in [0.25, 0.3) is 0 Å². The molecule has 154 valence electrons. The molecule has 2 heterocycles. The standard InChI is InChI=1S/C22H28FN5O/c1-5-21(26-20-9-7-6-8-19(20)23)28(22-15(2)14-24-16(3)25-22)18-10-12-27(13-11-18)17(4)29/h5-9,14,18,26H,10-13H2,1-4H3/b21-5-. The Balaban J connectivity index is 1.97. The van der Waals surface area contributed by atoms with E-state index in [1.807, 2.05) is 37.9 Å². The van der Waals surface area contributed by atoms with Crippen LogP contribution in [0.2, 0.25) is 0 Å². The van der Waals surface area contributed by atoms with Gasteiger partial charge in [-0.05, 0) is 51.8 Å². The molecule has 1 aromatic carbocycles. The van der Waals surface area contributed by atoms with Crippen molar-refractivity contribution < 1.29 is 9.18 Å². The van der Waals surface area contributed by atoms with Crippen molar-refractivity contribution in [1.29, 1.82) is 0 Å². The molecule has 0 aliphatic carbocycles. The number of anilines is 2. The SMILES string of the molecule is C/C=C(/Nc1ccccc1F)N(c1nc(C)ncc1C)C1CCN(C(C)=O)CC1. The summed E-state index contributed by atoms with van der Waals surface area (Å²) in [6.07, 6.45) is 5.35. The van der Waals surface area contributed by atoms with Gasteiger partial charge in [-0.3, -0.25) is 4.79 Å². The largest absolute Gasteiger partial charge is 0.343 e. The molecule has 0 radical (unpaired) electrons. The van der Waals surface area contributed by atoms with E-state index in [0.29, 0.717) is 24.6 Å². The highest BCUT2D eigenvalue weighted by molar-refractivity contribution is 5.73. The summed E-state index contributed by atoms with van der Waals surface area (Å²) in [5.74, 6) is 2.03. The molecule has 1 saturated heterocycles. The molecular formula is C22H28FN5O. The Labute approximate surface area is 171 Å². The summed E-state index contributed by atoms with van der Waals surface area (Å²) in [6.45, 7) is 8.74. The molecule has 0 unspecified atom stereocenters. The molecule has 29 heavy (non-hydrogen) atoms. The molecule has 3 rings (SSSR count). The zero-order chi connectivity index (χ0) is 21.0. The molecule has 1 N–H and O–H groups in total. The maximum absolute atomic E-state index is 14.3. The highest BCUT2D eigenvalue weighted by Gasteiger charge is 2.30. The number of benzene rings is 1. The molecule has 0 bridgehead atoms. The van der Waals surface area contributed by atoms with Gasteiger partial charge in [-0.1, -0.05) is 12.1 Å². The number of piperidine rings is 1. The number of nitrogens with one attached hydrogen (secondary N) is 1. The van der Waals surface area contributed by atoms with Gasteiger partial charge in [-0.25, -0.2) is 14.4 Å². The van der Waals surface area contributed by atoms with Crippen molar-refractivity contribution in [3.05, 3.63) is 59.6 Å². The van der Waals surface area contributed by atoms with Crippen LogP contribution in [0.25, 0.3) is 0 Å². The van der Waals surface area contributed by atoms with Crippen molar-refractivity contribution in [3.8, 4) is 0 Å². The highest BCUT2D eigenvalue weighted by atomic mass is 19.1. The number of halogens is 1. The Bertz CT molecular complexity index is 906. The van der Waals surface area contributed by atoms with Crippen LogP contribution in [0.1, 0.15) is 38.1 Å². The Kier molecular flexibility index (Phi) is 6.46. The maximum Gasteiger partial charge on any atom is 0.219 e. The molecule has 7 heteroatoms. The molecule has 0 saturated carbocycles. The second-order valence-corrected chi connectivity index (χ2v) is 7.31. The van der Waals surface area contributed by atoms with Gasteiger partial charge >= 0.3 is 0 Å². The summed E-state index contributed by atoms with van der Waals surface area (Å²) in [4.78, 5) is 24.7. The third kappa shape index (κ3) is 4.72. The molecule has 1 amide bonds. The lowest BCUT2D eigenvalue weighted by atomic mass is 10.0. The van der Waals surface area contributed by atoms with Crippen LogP contribution in [0.4, 0.5) is 15.9 Å². The van der Waals surface area contributed by atoms with Crippen molar-refractivity contribution in [3.63, 3.8) is 0 Å². The van der Waals surface area contributed by atoms with E-state index >= 15 is 0 Å². The first-order chi connectivity index (χ1) is 13.9. The summed E-state index contributed by atoms with van der Waals surface area (Å²) < 4.78 is 14.3. The zero-order valence-corrected chi connectivity index (χ0v) is 17.4. The molecular weight excluding hydrogens is 369 g/mol. The number of aromatic nitrogens is 2. The molecule has 0 atom stereocenters. The van der Waals surface area contributed by atoms with Crippen molar-refractivity contribution in [2.75, 3.05) is 23.3 Å². The van der Waals surface area contributed by atoms with Crippen molar-refractivity contribution >= 4 is 17.4 Å². The van der Waals surface area contributed by atoms with Crippen LogP contribution in [0, 0.1) is 19.7 Å². The second-order valence-electron chi connectivity index (χ2n) is 7.31. The van der Waals surface area contributed by atoms with Crippen molar-refractivity contribution in [1.82, 2.24) is 14.9 Å². The Morgan fingerprint density at radius 2 is 1.97 bits per heavy atom. The number of hydrogen-bond acceptors (Lipinski definition) is 5. The number of likely N-dealkylation sites (tertiary alicyclic amines) is 1. The number of aryl methyl sites for hydroxylation is 2. The van der Waals surface area contributed by atoms with Crippen LogP contribution in [0.3, 0.4) is 0 Å². The molecule has 1 aliphatic heterocycles. The number of carbonyl (C=O) groups is 1. The van der Waals surface area contributed by atoms with Crippen LogP contribution in [0.15, 0.2) is 42.4 Å². The van der Waals surface area contributed by atoms with E-state index in [2.05, 4.69) is 15.2 Å². The monoisotopic (exact) mass is 397 g/mol. The van der Waals surface area contributed by atoms with E-state index in [4.69, 9.17) is 4.98 Å². The van der Waals surface area contributed by atoms with Gasteiger partial charge < -0.3 is 15.1 Å². The second kappa shape index (κ2) is 9.03. The first kappa shape index (κ1) is 20.8. The summed E-state index contributed by atoms with van der Waals surface area (Å²) in [7, 11) is 0. The fourth-order valence-electron chi connectivity index (χ4n) is 3.66. The number of carbonyl (C=O) groups excluding carboxylic acids is 1. The topological polar surface area (TPSA) is 61.4 Å². The number of nitrogens with zero attached hydrogens (tertiary/aromatic N) is 4. The number of rotatable bonds is 5. The Morgan fingerprint density at radius 1 is 1.28 bits per heavy atom. The fourth-order valence-corrected chi connectivity index (χ4v) is 3.66. The summed E-state index contributed by atoms with van der Waals surface area (Å²) in [5.41, 5.74) is 1.36. The van der Waals surface area contributed by atoms with Gasteiger partial charge in [0.05, 0.1) is 5.69 Å². The lowest BCUT2D eigenvalue weighted by Gasteiger charge is -2.40. The molecule has 0 spiro atoms. The Morgan fingerprint density at radius 3 is 2.59 bits per heavy atom. The first-order valence-electron chi connectivity index (χ1n) is 9.93. The van der Waals surface area contributed by atoms with E-state index in [0.717, 1.165) is 30.0 Å². The zero-order valence-electron chi connectivity index (χ0n) is 17.4. The minimum absolute atomic E-state index is 0.0970. The van der Waals surface area contributed by atoms with Crippen LogP contribution in [-0.4, -0.2) is 39.9 Å². The van der Waals surface area contributed by atoms with Crippen LogP contribution < -0.4 is 10.2 Å². The summed E-state index contributed by atoms with van der Waals surface area (Å²) >= 11 is 0. The number of allylic oxidation sites excluding steroid dienone is 1.